The Morgan fingerprint density at radius 1 is 1.00 bits per heavy atom. The van der Waals surface area contributed by atoms with Crippen molar-refractivity contribution in [3.05, 3.63) is 53.6 Å². The monoisotopic (exact) mass is 522 g/mol. The van der Waals surface area contributed by atoms with Gasteiger partial charge in [-0.1, -0.05) is 26.0 Å². The average molecular weight is 523 g/mol. The molecule has 3 rings (SSSR count). The summed E-state index contributed by atoms with van der Waals surface area (Å²) in [6.45, 7) is 4.39. The van der Waals surface area contributed by atoms with Gasteiger partial charge in [-0.15, -0.1) is 0 Å². The Labute approximate surface area is 212 Å². The van der Waals surface area contributed by atoms with Crippen molar-refractivity contribution in [3.8, 4) is 11.5 Å². The maximum absolute atomic E-state index is 13.1. The van der Waals surface area contributed by atoms with Crippen LogP contribution in [0.1, 0.15) is 36.2 Å². The number of hydrogen-bond donors (Lipinski definition) is 1. The van der Waals surface area contributed by atoms with Crippen molar-refractivity contribution >= 4 is 23.5 Å². The van der Waals surface area contributed by atoms with E-state index in [0.717, 1.165) is 18.6 Å². The van der Waals surface area contributed by atoms with Gasteiger partial charge >= 0.3 is 12.1 Å². The molecule has 37 heavy (non-hydrogen) atoms. The summed E-state index contributed by atoms with van der Waals surface area (Å²) in [7, 11) is 1.32. The molecule has 11 heteroatoms. The summed E-state index contributed by atoms with van der Waals surface area (Å²) in [4.78, 5) is 38.8. The molecular weight excluding hydrogens is 493 g/mol. The standard InChI is InChI=1S/C26H29F3N2O6/c1-16-10-17(2)13-31(12-16)24(33)15-37-25(34)18-8-9-21(22(11-18)35-3)36-14-23(32)30-20-7-5-4-6-19(20)26(27,28)29/h4-9,11,16-17H,10,12-15H2,1-3H3,(H,30,32)/t16-,17-/m0/s1. The molecule has 0 aromatic heterocycles. The molecule has 0 radical (unpaired) electrons. The van der Waals surface area contributed by atoms with E-state index in [1.165, 1.54) is 37.4 Å². The number of alkyl halides is 3. The fraction of sp³-hybridized carbons (Fsp3) is 0.423. The number of rotatable bonds is 8. The predicted octanol–water partition coefficient (Wildman–Crippen LogP) is 4.39. The number of ether oxygens (including phenoxy) is 3. The molecule has 0 aliphatic carbocycles. The van der Waals surface area contributed by atoms with E-state index in [9.17, 15) is 27.6 Å². The number of hydrogen-bond acceptors (Lipinski definition) is 6. The van der Waals surface area contributed by atoms with Crippen LogP contribution in [0.2, 0.25) is 0 Å². The van der Waals surface area contributed by atoms with Crippen LogP contribution in [0, 0.1) is 11.8 Å². The fourth-order valence-corrected chi connectivity index (χ4v) is 4.25. The van der Waals surface area contributed by atoms with E-state index >= 15 is 0 Å². The molecule has 2 atom stereocenters. The molecule has 1 heterocycles. The fourth-order valence-electron chi connectivity index (χ4n) is 4.25. The number of piperidine rings is 1. The smallest absolute Gasteiger partial charge is 0.418 e. The van der Waals surface area contributed by atoms with Crippen molar-refractivity contribution in [2.24, 2.45) is 11.8 Å². The van der Waals surface area contributed by atoms with Gasteiger partial charge < -0.3 is 24.4 Å². The first-order chi connectivity index (χ1) is 17.5. The molecule has 200 valence electrons. The topological polar surface area (TPSA) is 94.2 Å². The number of methoxy groups -OCH3 is 1. The van der Waals surface area contributed by atoms with Gasteiger partial charge in [0.05, 0.1) is 23.9 Å². The largest absolute Gasteiger partial charge is 0.493 e. The predicted molar refractivity (Wildman–Crippen MR) is 128 cm³/mol. The third kappa shape index (κ3) is 7.61. The second-order valence-electron chi connectivity index (χ2n) is 9.07. The third-order valence-corrected chi connectivity index (χ3v) is 5.81. The molecule has 1 N–H and O–H groups in total. The first-order valence-corrected chi connectivity index (χ1v) is 11.7. The lowest BCUT2D eigenvalue weighted by atomic mass is 9.92. The van der Waals surface area contributed by atoms with Gasteiger partial charge in [0, 0.05) is 13.1 Å². The Hall–Kier alpha value is -3.76. The number of amides is 2. The van der Waals surface area contributed by atoms with Gasteiger partial charge in [0.25, 0.3) is 11.8 Å². The van der Waals surface area contributed by atoms with E-state index in [-0.39, 0.29) is 23.0 Å². The number of esters is 1. The van der Waals surface area contributed by atoms with Gasteiger partial charge in [0.1, 0.15) is 0 Å². The Kier molecular flexibility index (Phi) is 9.01. The second kappa shape index (κ2) is 12.0. The van der Waals surface area contributed by atoms with Crippen LogP contribution in [0.4, 0.5) is 18.9 Å². The van der Waals surface area contributed by atoms with E-state index in [1.54, 1.807) is 4.90 Å². The lowest BCUT2D eigenvalue weighted by molar-refractivity contribution is -0.137. The van der Waals surface area contributed by atoms with Crippen molar-refractivity contribution in [3.63, 3.8) is 0 Å². The summed E-state index contributed by atoms with van der Waals surface area (Å²) in [5, 5.41) is 2.18. The van der Waals surface area contributed by atoms with E-state index in [2.05, 4.69) is 19.2 Å². The van der Waals surface area contributed by atoms with Crippen LogP contribution in [0.5, 0.6) is 11.5 Å². The van der Waals surface area contributed by atoms with Crippen LogP contribution in [0.3, 0.4) is 0 Å². The number of likely N-dealkylation sites (tertiary alicyclic amines) is 1. The lowest BCUT2D eigenvalue weighted by Crippen LogP contribution is -2.44. The number of anilines is 1. The van der Waals surface area contributed by atoms with Crippen molar-refractivity contribution in [2.75, 3.05) is 38.7 Å². The highest BCUT2D eigenvalue weighted by molar-refractivity contribution is 5.93. The number of benzene rings is 2. The summed E-state index contributed by atoms with van der Waals surface area (Å²) < 4.78 is 55.1. The van der Waals surface area contributed by atoms with Crippen LogP contribution < -0.4 is 14.8 Å². The zero-order valence-electron chi connectivity index (χ0n) is 20.8. The SMILES string of the molecule is COc1cc(C(=O)OCC(=O)N2C[C@@H](C)C[C@H](C)C2)ccc1OCC(=O)Nc1ccccc1C(F)(F)F. The summed E-state index contributed by atoms with van der Waals surface area (Å²) in [6, 6.07) is 8.64. The van der Waals surface area contributed by atoms with Gasteiger partial charge in [0.2, 0.25) is 0 Å². The van der Waals surface area contributed by atoms with Crippen LogP contribution in [0.25, 0.3) is 0 Å². The lowest BCUT2D eigenvalue weighted by Gasteiger charge is -2.34. The Morgan fingerprint density at radius 3 is 2.32 bits per heavy atom. The molecule has 2 amide bonds. The minimum absolute atomic E-state index is 0.0886. The number of nitrogens with one attached hydrogen (secondary N) is 1. The minimum Gasteiger partial charge on any atom is -0.493 e. The highest BCUT2D eigenvalue weighted by Gasteiger charge is 2.33. The Bertz CT molecular complexity index is 1130. The van der Waals surface area contributed by atoms with Crippen molar-refractivity contribution < 1.29 is 41.8 Å². The van der Waals surface area contributed by atoms with E-state index in [4.69, 9.17) is 14.2 Å². The van der Waals surface area contributed by atoms with Crippen LogP contribution in [-0.4, -0.2) is 56.1 Å². The minimum atomic E-state index is -4.63. The summed E-state index contributed by atoms with van der Waals surface area (Å²) >= 11 is 0. The molecule has 1 saturated heterocycles. The van der Waals surface area contributed by atoms with Gasteiger partial charge in [0.15, 0.2) is 24.7 Å². The van der Waals surface area contributed by atoms with Gasteiger partial charge in [-0.05, 0) is 48.6 Å². The molecule has 2 aromatic rings. The third-order valence-electron chi connectivity index (χ3n) is 5.81. The number of carbonyl (C=O) groups is 3. The van der Waals surface area contributed by atoms with Crippen molar-refractivity contribution in [2.45, 2.75) is 26.4 Å². The van der Waals surface area contributed by atoms with Gasteiger partial charge in [-0.2, -0.15) is 13.2 Å². The molecule has 1 aliphatic heterocycles. The maximum atomic E-state index is 13.1. The molecule has 1 aliphatic rings. The Morgan fingerprint density at radius 2 is 1.68 bits per heavy atom. The summed E-state index contributed by atoms with van der Waals surface area (Å²) in [6.07, 6.45) is -3.59. The highest BCUT2D eigenvalue weighted by atomic mass is 19.4. The highest BCUT2D eigenvalue weighted by Crippen LogP contribution is 2.34. The second-order valence-corrected chi connectivity index (χ2v) is 9.07. The van der Waals surface area contributed by atoms with E-state index in [0.29, 0.717) is 24.9 Å². The maximum Gasteiger partial charge on any atom is 0.418 e. The van der Waals surface area contributed by atoms with Crippen LogP contribution in [0.15, 0.2) is 42.5 Å². The van der Waals surface area contributed by atoms with Crippen LogP contribution in [-0.2, 0) is 20.5 Å². The first kappa shape index (κ1) is 27.8. The first-order valence-electron chi connectivity index (χ1n) is 11.7. The van der Waals surface area contributed by atoms with Gasteiger partial charge in [-0.25, -0.2) is 4.79 Å². The van der Waals surface area contributed by atoms with Gasteiger partial charge in [-0.3, -0.25) is 9.59 Å². The molecule has 2 aromatic carbocycles. The Balaban J connectivity index is 1.57. The quantitative estimate of drug-likeness (QED) is 0.517. The molecule has 0 saturated carbocycles. The number of halogens is 3. The number of para-hydroxylation sites is 1. The average Bonchev–Trinajstić information content (AvgIpc) is 2.84. The van der Waals surface area contributed by atoms with Crippen LogP contribution >= 0.6 is 0 Å². The number of carbonyl (C=O) groups excluding carboxylic acids is 3. The number of nitrogens with zero attached hydrogens (tertiary/aromatic N) is 1. The zero-order valence-corrected chi connectivity index (χ0v) is 20.8. The molecular formula is C26H29F3N2O6. The molecule has 1 fully saturated rings. The summed E-state index contributed by atoms with van der Waals surface area (Å²) in [5.74, 6) is -0.881. The molecule has 8 nitrogen and oxygen atoms in total. The summed E-state index contributed by atoms with van der Waals surface area (Å²) in [5.41, 5.74) is -1.27. The van der Waals surface area contributed by atoms with Crippen molar-refractivity contribution in [1.82, 2.24) is 4.90 Å². The normalized spacial score (nSPS) is 17.6. The molecule has 0 bridgehead atoms. The van der Waals surface area contributed by atoms with Crippen molar-refractivity contribution in [1.29, 1.82) is 0 Å². The van der Waals surface area contributed by atoms with E-state index in [1.807, 2.05) is 0 Å². The molecule has 0 spiro atoms. The molecule has 0 unspecified atom stereocenters. The van der Waals surface area contributed by atoms with E-state index < -0.39 is 42.5 Å². The zero-order chi connectivity index (χ0) is 27.2.